The van der Waals surface area contributed by atoms with E-state index >= 15 is 0 Å². The standard InChI is InChI=1S/C20H38N2/c1-5-7-9-10-11-13-15-19(4)22-17-16-21-20(22)18(3)14-12-8-6-2/h16-19H,5-15H2,1-4H3. The van der Waals surface area contributed by atoms with Gasteiger partial charge in [0.15, 0.2) is 0 Å². The number of unbranched alkanes of at least 4 members (excludes halogenated alkanes) is 7. The first-order valence-corrected chi connectivity index (χ1v) is 9.73. The van der Waals surface area contributed by atoms with Crippen LogP contribution in [0.25, 0.3) is 0 Å². The Labute approximate surface area is 138 Å². The fraction of sp³-hybridized carbons (Fsp3) is 0.850. The summed E-state index contributed by atoms with van der Waals surface area (Å²) < 4.78 is 2.43. The first kappa shape index (κ1) is 19.3. The number of nitrogens with zero attached hydrogens (tertiary/aromatic N) is 2. The second-order valence-electron chi connectivity index (χ2n) is 7.00. The van der Waals surface area contributed by atoms with Gasteiger partial charge in [-0.1, -0.05) is 78.6 Å². The number of hydrogen-bond donors (Lipinski definition) is 0. The van der Waals surface area contributed by atoms with Crippen LogP contribution in [-0.4, -0.2) is 9.55 Å². The lowest BCUT2D eigenvalue weighted by Crippen LogP contribution is -2.11. The van der Waals surface area contributed by atoms with E-state index in [1.165, 1.54) is 76.5 Å². The maximum Gasteiger partial charge on any atom is 0.111 e. The van der Waals surface area contributed by atoms with E-state index in [9.17, 15) is 0 Å². The predicted molar refractivity (Wildman–Crippen MR) is 97.5 cm³/mol. The number of rotatable bonds is 13. The minimum atomic E-state index is 0.591. The van der Waals surface area contributed by atoms with E-state index in [1.54, 1.807) is 0 Å². The highest BCUT2D eigenvalue weighted by atomic mass is 15.1. The minimum Gasteiger partial charge on any atom is -0.332 e. The SMILES string of the molecule is CCCCCCCCC(C)n1ccnc1C(C)CCCCC. The molecule has 2 heteroatoms. The van der Waals surface area contributed by atoms with E-state index in [2.05, 4.69) is 43.4 Å². The molecule has 0 saturated heterocycles. The van der Waals surface area contributed by atoms with Crippen molar-refractivity contribution in [1.82, 2.24) is 9.55 Å². The number of aromatic nitrogens is 2. The molecule has 1 rings (SSSR count). The summed E-state index contributed by atoms with van der Waals surface area (Å²) in [6, 6.07) is 0.595. The van der Waals surface area contributed by atoms with Gasteiger partial charge in [0.1, 0.15) is 5.82 Å². The second-order valence-corrected chi connectivity index (χ2v) is 7.00. The lowest BCUT2D eigenvalue weighted by molar-refractivity contribution is 0.438. The molecule has 2 nitrogen and oxygen atoms in total. The van der Waals surface area contributed by atoms with Crippen molar-refractivity contribution < 1.29 is 0 Å². The Morgan fingerprint density at radius 1 is 0.864 bits per heavy atom. The molecular formula is C20H38N2. The van der Waals surface area contributed by atoms with Crippen molar-refractivity contribution >= 4 is 0 Å². The molecule has 0 aliphatic heterocycles. The van der Waals surface area contributed by atoms with Crippen LogP contribution < -0.4 is 0 Å². The van der Waals surface area contributed by atoms with Gasteiger partial charge in [-0.3, -0.25) is 0 Å². The molecule has 1 heterocycles. The zero-order chi connectivity index (χ0) is 16.2. The van der Waals surface area contributed by atoms with Crippen LogP contribution in [0, 0.1) is 0 Å². The predicted octanol–water partition coefficient (Wildman–Crippen LogP) is 6.88. The minimum absolute atomic E-state index is 0.591. The summed E-state index contributed by atoms with van der Waals surface area (Å²) in [5.41, 5.74) is 0. The van der Waals surface area contributed by atoms with Crippen LogP contribution in [0.1, 0.15) is 116 Å². The largest absolute Gasteiger partial charge is 0.332 e. The van der Waals surface area contributed by atoms with Crippen molar-refractivity contribution in [3.05, 3.63) is 18.2 Å². The third kappa shape index (κ3) is 6.98. The van der Waals surface area contributed by atoms with Crippen molar-refractivity contribution in [3.8, 4) is 0 Å². The Kier molecular flexibility index (Phi) is 10.3. The van der Waals surface area contributed by atoms with Crippen molar-refractivity contribution in [2.75, 3.05) is 0 Å². The van der Waals surface area contributed by atoms with Gasteiger partial charge < -0.3 is 4.57 Å². The lowest BCUT2D eigenvalue weighted by atomic mass is 10.0. The van der Waals surface area contributed by atoms with Gasteiger partial charge >= 0.3 is 0 Å². The summed E-state index contributed by atoms with van der Waals surface area (Å²) >= 11 is 0. The monoisotopic (exact) mass is 306 g/mol. The zero-order valence-corrected chi connectivity index (χ0v) is 15.5. The van der Waals surface area contributed by atoms with Crippen molar-refractivity contribution in [1.29, 1.82) is 0 Å². The first-order valence-electron chi connectivity index (χ1n) is 9.73. The topological polar surface area (TPSA) is 17.8 Å². The molecule has 1 aromatic heterocycles. The first-order chi connectivity index (χ1) is 10.7. The van der Waals surface area contributed by atoms with Crippen molar-refractivity contribution in [3.63, 3.8) is 0 Å². The summed E-state index contributed by atoms with van der Waals surface area (Å²) in [6.07, 6.45) is 19.0. The van der Waals surface area contributed by atoms with Crippen molar-refractivity contribution in [2.45, 2.75) is 110 Å². The summed E-state index contributed by atoms with van der Waals surface area (Å²) in [5.74, 6) is 1.89. The lowest BCUT2D eigenvalue weighted by Gasteiger charge is -2.20. The molecule has 0 spiro atoms. The molecule has 2 atom stereocenters. The van der Waals surface area contributed by atoms with Crippen LogP contribution in [0.2, 0.25) is 0 Å². The fourth-order valence-corrected chi connectivity index (χ4v) is 3.27. The fourth-order valence-electron chi connectivity index (χ4n) is 3.27. The van der Waals surface area contributed by atoms with Gasteiger partial charge in [0.2, 0.25) is 0 Å². The molecular weight excluding hydrogens is 268 g/mol. The molecule has 0 aliphatic rings. The third-order valence-corrected chi connectivity index (χ3v) is 4.83. The third-order valence-electron chi connectivity index (χ3n) is 4.83. The molecule has 0 radical (unpaired) electrons. The van der Waals surface area contributed by atoms with Gasteiger partial charge in [-0.2, -0.15) is 0 Å². The van der Waals surface area contributed by atoms with Gasteiger partial charge in [0.05, 0.1) is 0 Å². The molecule has 22 heavy (non-hydrogen) atoms. The Hall–Kier alpha value is -0.790. The molecule has 1 aromatic rings. The maximum atomic E-state index is 4.65. The highest BCUT2D eigenvalue weighted by molar-refractivity contribution is 5.00. The highest BCUT2D eigenvalue weighted by Crippen LogP contribution is 2.25. The molecule has 0 bridgehead atoms. The molecule has 128 valence electrons. The molecule has 0 aliphatic carbocycles. The average molecular weight is 307 g/mol. The van der Waals surface area contributed by atoms with E-state index < -0.39 is 0 Å². The molecule has 2 unspecified atom stereocenters. The van der Waals surface area contributed by atoms with E-state index in [0.717, 1.165) is 0 Å². The van der Waals surface area contributed by atoms with E-state index in [1.807, 2.05) is 6.20 Å². The molecule has 0 amide bonds. The molecule has 0 N–H and O–H groups in total. The Morgan fingerprint density at radius 3 is 2.18 bits per heavy atom. The maximum absolute atomic E-state index is 4.65. The van der Waals surface area contributed by atoms with Gasteiger partial charge in [-0.15, -0.1) is 0 Å². The van der Waals surface area contributed by atoms with Crippen LogP contribution in [0.5, 0.6) is 0 Å². The Bertz CT molecular complexity index is 370. The quantitative estimate of drug-likeness (QED) is 0.363. The average Bonchev–Trinajstić information content (AvgIpc) is 3.00. The molecule has 0 aromatic carbocycles. The van der Waals surface area contributed by atoms with Crippen LogP contribution in [0.15, 0.2) is 12.4 Å². The van der Waals surface area contributed by atoms with Gasteiger partial charge in [0, 0.05) is 24.4 Å². The van der Waals surface area contributed by atoms with E-state index in [0.29, 0.717) is 12.0 Å². The van der Waals surface area contributed by atoms with Gasteiger partial charge in [0.25, 0.3) is 0 Å². The van der Waals surface area contributed by atoms with E-state index in [4.69, 9.17) is 0 Å². The molecule has 0 saturated carbocycles. The summed E-state index contributed by atoms with van der Waals surface area (Å²) in [5, 5.41) is 0. The zero-order valence-electron chi connectivity index (χ0n) is 15.5. The number of hydrogen-bond acceptors (Lipinski definition) is 1. The normalized spacial score (nSPS) is 14.2. The van der Waals surface area contributed by atoms with Crippen LogP contribution in [0.4, 0.5) is 0 Å². The summed E-state index contributed by atoms with van der Waals surface area (Å²) in [6.45, 7) is 9.25. The molecule has 0 fully saturated rings. The van der Waals surface area contributed by atoms with Crippen LogP contribution >= 0.6 is 0 Å². The van der Waals surface area contributed by atoms with Gasteiger partial charge in [-0.25, -0.2) is 4.98 Å². The Morgan fingerprint density at radius 2 is 1.45 bits per heavy atom. The van der Waals surface area contributed by atoms with Gasteiger partial charge in [-0.05, 0) is 19.8 Å². The van der Waals surface area contributed by atoms with Crippen LogP contribution in [-0.2, 0) is 0 Å². The summed E-state index contributed by atoms with van der Waals surface area (Å²) in [7, 11) is 0. The second kappa shape index (κ2) is 11.7. The summed E-state index contributed by atoms with van der Waals surface area (Å²) in [4.78, 5) is 4.65. The van der Waals surface area contributed by atoms with Crippen LogP contribution in [0.3, 0.4) is 0 Å². The number of imidazole rings is 1. The Balaban J connectivity index is 2.36. The smallest absolute Gasteiger partial charge is 0.111 e. The van der Waals surface area contributed by atoms with E-state index in [-0.39, 0.29) is 0 Å². The van der Waals surface area contributed by atoms with Crippen molar-refractivity contribution in [2.24, 2.45) is 0 Å². The highest BCUT2D eigenvalue weighted by Gasteiger charge is 2.15.